The Morgan fingerprint density at radius 3 is 1.66 bits per heavy atom. The smallest absolute Gasteiger partial charge is 0.216 e. The van der Waals surface area contributed by atoms with Gasteiger partial charge in [-0.25, -0.2) is 0 Å². The molecule has 0 saturated carbocycles. The lowest BCUT2D eigenvalue weighted by Crippen LogP contribution is -2.58. The van der Waals surface area contributed by atoms with E-state index in [-0.39, 0.29) is 25.0 Å². The van der Waals surface area contributed by atoms with E-state index in [0.717, 1.165) is 39.8 Å². The summed E-state index contributed by atoms with van der Waals surface area (Å²) in [6.07, 6.45) is -2.38. The monoisotopic (exact) mass is 887 g/mol. The van der Waals surface area contributed by atoms with E-state index in [4.69, 9.17) is 28.4 Å². The maximum Gasteiger partial charge on any atom is 0.216 e. The third-order valence-electron chi connectivity index (χ3n) is 11.5. The molecule has 0 bridgehead atoms. The number of amides is 1. The molecule has 1 aliphatic rings. The second-order valence-corrected chi connectivity index (χ2v) is 17.2. The molecule has 8 nitrogen and oxygen atoms in total. The zero-order chi connectivity index (χ0) is 44.5. The van der Waals surface area contributed by atoms with Crippen LogP contribution in [0, 0.1) is 0 Å². The Morgan fingerprint density at radius 2 is 1.12 bits per heavy atom. The van der Waals surface area contributed by atoms with Crippen LogP contribution in [0.1, 0.15) is 62.8 Å². The van der Waals surface area contributed by atoms with Crippen LogP contribution in [-0.2, 0) is 61.3 Å². The molecule has 1 unspecified atom stereocenters. The van der Waals surface area contributed by atoms with Crippen LogP contribution < -0.4 is 10.1 Å². The molecule has 1 fully saturated rings. The summed E-state index contributed by atoms with van der Waals surface area (Å²) >= 11 is 1.75. The number of nitrogens with one attached hydrogen (secondary N) is 1. The lowest BCUT2D eigenvalue weighted by molar-refractivity contribution is -0.275. The molecule has 6 atom stereocenters. The summed E-state index contributed by atoms with van der Waals surface area (Å²) in [5.41, 5.74) is 7.31. The summed E-state index contributed by atoms with van der Waals surface area (Å²) in [6.45, 7) is 3.70. The van der Waals surface area contributed by atoms with Gasteiger partial charge in [-0.15, -0.1) is 11.3 Å². The second-order valence-electron chi connectivity index (χ2n) is 16.3. The minimum atomic E-state index is -0.696. The molecular formula is C56H57NO7S. The highest BCUT2D eigenvalue weighted by molar-refractivity contribution is 7.10. The average molecular weight is 888 g/mol. The lowest BCUT2D eigenvalue weighted by Gasteiger charge is -2.46. The Labute approximate surface area is 387 Å². The molecule has 334 valence electrons. The highest BCUT2D eigenvalue weighted by atomic mass is 32.1. The summed E-state index contributed by atoms with van der Waals surface area (Å²) in [5, 5.41) is 5.02. The van der Waals surface area contributed by atoms with E-state index in [2.05, 4.69) is 114 Å². The number of carbonyl (C=O) groups excluding carboxylic acids is 1. The van der Waals surface area contributed by atoms with Crippen LogP contribution in [0.3, 0.4) is 0 Å². The van der Waals surface area contributed by atoms with E-state index in [1.807, 2.05) is 78.9 Å². The molecule has 8 rings (SSSR count). The van der Waals surface area contributed by atoms with Gasteiger partial charge < -0.3 is 33.7 Å². The maximum atomic E-state index is 11.9. The first kappa shape index (κ1) is 45.7. The van der Waals surface area contributed by atoms with Gasteiger partial charge in [-0.05, 0) is 63.4 Å². The van der Waals surface area contributed by atoms with Crippen molar-refractivity contribution < 1.29 is 33.2 Å². The van der Waals surface area contributed by atoms with Crippen LogP contribution in [0.4, 0.5) is 0 Å². The van der Waals surface area contributed by atoms with Gasteiger partial charge in [0.05, 0.1) is 39.6 Å². The molecule has 2 heterocycles. The van der Waals surface area contributed by atoms with Crippen LogP contribution in [0.2, 0.25) is 0 Å². The number of benzene rings is 6. The molecule has 1 N–H and O–H groups in total. The van der Waals surface area contributed by atoms with Gasteiger partial charge in [0, 0.05) is 23.3 Å². The fourth-order valence-electron chi connectivity index (χ4n) is 8.29. The Balaban J connectivity index is 1.24. The predicted octanol–water partition coefficient (Wildman–Crippen LogP) is 11.1. The zero-order valence-corrected chi connectivity index (χ0v) is 37.6. The van der Waals surface area contributed by atoms with Crippen molar-refractivity contribution in [1.29, 1.82) is 0 Å². The van der Waals surface area contributed by atoms with Crippen LogP contribution in [0.5, 0.6) is 5.75 Å². The number of ether oxygens (including phenoxy) is 6. The molecule has 65 heavy (non-hydrogen) atoms. The molecule has 9 heteroatoms. The van der Waals surface area contributed by atoms with Crippen molar-refractivity contribution in [3.63, 3.8) is 0 Å². The fraction of sp³-hybridized carbons (Fsp3) is 0.268. The molecular weight excluding hydrogens is 831 g/mol. The number of hydrogen-bond acceptors (Lipinski definition) is 8. The normalized spacial score (nSPS) is 18.8. The lowest BCUT2D eigenvalue weighted by atomic mass is 9.85. The highest BCUT2D eigenvalue weighted by Crippen LogP contribution is 2.44. The number of rotatable bonds is 22. The molecule has 0 radical (unpaired) electrons. The Bertz CT molecular complexity index is 2440. The third kappa shape index (κ3) is 13.1. The van der Waals surface area contributed by atoms with Crippen molar-refractivity contribution in [3.8, 4) is 5.75 Å². The largest absolute Gasteiger partial charge is 0.491 e. The first-order valence-corrected chi connectivity index (χ1v) is 23.3. The summed E-state index contributed by atoms with van der Waals surface area (Å²) < 4.78 is 41.8. The van der Waals surface area contributed by atoms with E-state index in [1.165, 1.54) is 17.4 Å². The standard InChI is InChI=1S/C56H57NO7S/c1-41(58)57-31-32-60-50-30-29-47(48(52-28-17-33-65-52)34-42-18-7-2-8-19-42)35-49(50)53-55(62-38-45-24-13-5-14-25-45)56(63-39-46-26-15-6-16-27-46)54(61-37-44-22-11-4-12-23-44)51(64-53)40-59-36-43-20-9-3-10-21-43/h2-30,33,35,48,51,53-56H,31-32,34,36-40H2,1H3,(H,57,58)/t48?,51-,53+,54-,55+,56+/m1/s1. The zero-order valence-electron chi connectivity index (χ0n) is 36.8. The number of hydrogen-bond donors (Lipinski definition) is 1. The topological polar surface area (TPSA) is 84.5 Å². The first-order valence-electron chi connectivity index (χ1n) is 22.4. The Morgan fingerprint density at radius 1 is 0.600 bits per heavy atom. The van der Waals surface area contributed by atoms with Gasteiger partial charge in [-0.2, -0.15) is 0 Å². The summed E-state index contributed by atoms with van der Waals surface area (Å²) in [4.78, 5) is 13.2. The quantitative estimate of drug-likeness (QED) is 0.0679. The van der Waals surface area contributed by atoms with E-state index in [1.54, 1.807) is 11.3 Å². The van der Waals surface area contributed by atoms with Gasteiger partial charge in [0.15, 0.2) is 0 Å². The van der Waals surface area contributed by atoms with Gasteiger partial charge >= 0.3 is 0 Å². The maximum absolute atomic E-state index is 11.9. The summed E-state index contributed by atoms with van der Waals surface area (Å²) in [5.74, 6) is 0.567. The molecule has 0 spiro atoms. The molecule has 0 aliphatic carbocycles. The van der Waals surface area contributed by atoms with Crippen LogP contribution in [-0.4, -0.2) is 50.1 Å². The molecule has 6 aromatic carbocycles. The first-order chi connectivity index (χ1) is 32.1. The van der Waals surface area contributed by atoms with Crippen molar-refractivity contribution in [2.45, 2.75) is 76.2 Å². The van der Waals surface area contributed by atoms with Crippen molar-refractivity contribution >= 4 is 17.2 Å². The molecule has 1 aromatic heterocycles. The molecule has 1 amide bonds. The summed E-state index contributed by atoms with van der Waals surface area (Å²) in [6, 6.07) is 62.0. The highest BCUT2D eigenvalue weighted by Gasteiger charge is 2.50. The SMILES string of the molecule is CC(=O)NCCOc1ccc(C(Cc2ccccc2)c2cccs2)cc1[C@@H]1O[C@H](COCc2ccccc2)[C@@H](OCc2ccccc2)[C@H](OCc2ccccc2)[C@H]1OCc1ccccc1. The van der Waals surface area contributed by atoms with E-state index in [0.29, 0.717) is 38.7 Å². The predicted molar refractivity (Wildman–Crippen MR) is 256 cm³/mol. The summed E-state index contributed by atoms with van der Waals surface area (Å²) in [7, 11) is 0. The third-order valence-corrected chi connectivity index (χ3v) is 12.5. The van der Waals surface area contributed by atoms with Gasteiger partial charge in [0.2, 0.25) is 5.91 Å². The Hall–Kier alpha value is -5.91. The van der Waals surface area contributed by atoms with Crippen LogP contribution in [0.15, 0.2) is 187 Å². The molecule has 1 saturated heterocycles. The van der Waals surface area contributed by atoms with Gasteiger partial charge in [-0.1, -0.05) is 164 Å². The van der Waals surface area contributed by atoms with Crippen molar-refractivity contribution in [3.05, 3.63) is 231 Å². The van der Waals surface area contributed by atoms with Crippen molar-refractivity contribution in [2.75, 3.05) is 19.8 Å². The number of carbonyl (C=O) groups is 1. The van der Waals surface area contributed by atoms with Crippen molar-refractivity contribution in [2.24, 2.45) is 0 Å². The van der Waals surface area contributed by atoms with E-state index >= 15 is 0 Å². The van der Waals surface area contributed by atoms with Crippen LogP contribution in [0.25, 0.3) is 0 Å². The van der Waals surface area contributed by atoms with E-state index in [9.17, 15) is 4.79 Å². The van der Waals surface area contributed by atoms with Gasteiger partial charge in [0.25, 0.3) is 0 Å². The average Bonchev–Trinajstić information content (AvgIpc) is 3.90. The Kier molecular flexibility index (Phi) is 16.8. The molecule has 1 aliphatic heterocycles. The minimum Gasteiger partial charge on any atom is -0.491 e. The fourth-order valence-corrected chi connectivity index (χ4v) is 9.14. The van der Waals surface area contributed by atoms with Crippen molar-refractivity contribution in [1.82, 2.24) is 5.32 Å². The van der Waals surface area contributed by atoms with Gasteiger partial charge in [-0.3, -0.25) is 4.79 Å². The minimum absolute atomic E-state index is 0.0499. The van der Waals surface area contributed by atoms with Crippen LogP contribution >= 0.6 is 11.3 Å². The van der Waals surface area contributed by atoms with Gasteiger partial charge in [0.1, 0.15) is 42.9 Å². The van der Waals surface area contributed by atoms with E-state index < -0.39 is 30.5 Å². The second kappa shape index (κ2) is 23.9. The molecule has 7 aromatic rings. The number of thiophene rings is 1.